The van der Waals surface area contributed by atoms with Gasteiger partial charge < -0.3 is 29.7 Å². The van der Waals surface area contributed by atoms with Crippen LogP contribution in [0, 0.1) is 11.6 Å². The minimum atomic E-state index is -0.837. The van der Waals surface area contributed by atoms with Gasteiger partial charge in [-0.15, -0.1) is 0 Å². The summed E-state index contributed by atoms with van der Waals surface area (Å²) in [4.78, 5) is 2.18. The largest absolute Gasteiger partial charge is 0.493 e. The van der Waals surface area contributed by atoms with E-state index >= 15 is 0 Å². The van der Waals surface area contributed by atoms with Crippen LogP contribution in [0.2, 0.25) is 0 Å². The van der Waals surface area contributed by atoms with Gasteiger partial charge in [-0.05, 0) is 79.9 Å². The fourth-order valence-electron chi connectivity index (χ4n) is 4.77. The van der Waals surface area contributed by atoms with E-state index in [9.17, 15) is 8.78 Å². The van der Waals surface area contributed by atoms with Gasteiger partial charge in [-0.25, -0.2) is 8.78 Å². The van der Waals surface area contributed by atoms with E-state index < -0.39 is 11.6 Å². The second kappa shape index (κ2) is 11.0. The van der Waals surface area contributed by atoms with Gasteiger partial charge >= 0.3 is 0 Å². The monoisotopic (exact) mass is 485 g/mol. The van der Waals surface area contributed by atoms with Crippen LogP contribution in [-0.2, 0) is 0 Å². The summed E-state index contributed by atoms with van der Waals surface area (Å²) >= 11 is 0. The van der Waals surface area contributed by atoms with E-state index in [1.54, 1.807) is 27.4 Å². The lowest BCUT2D eigenvalue weighted by atomic mass is 9.93. The Morgan fingerprint density at radius 1 is 0.943 bits per heavy atom. The number of piperidine rings is 1. The van der Waals surface area contributed by atoms with Crippen LogP contribution in [0.15, 0.2) is 48.2 Å². The minimum Gasteiger partial charge on any atom is -0.493 e. The minimum absolute atomic E-state index is 0.0529. The molecule has 1 unspecified atom stereocenters. The first-order chi connectivity index (χ1) is 16.9. The Hall–Kier alpha value is -3.26. The number of benzene rings is 2. The van der Waals surface area contributed by atoms with Gasteiger partial charge in [-0.3, -0.25) is 0 Å². The van der Waals surface area contributed by atoms with Crippen molar-refractivity contribution >= 4 is 11.3 Å². The molecule has 2 N–H and O–H groups in total. The Labute approximate surface area is 205 Å². The highest BCUT2D eigenvalue weighted by molar-refractivity contribution is 5.77. The third-order valence-electron chi connectivity index (χ3n) is 6.66. The first-order valence-electron chi connectivity index (χ1n) is 11.8. The molecule has 2 aliphatic heterocycles. The third kappa shape index (κ3) is 5.37. The number of hydrogen-bond acceptors (Lipinski definition) is 6. The number of rotatable bonds is 8. The van der Waals surface area contributed by atoms with Crippen LogP contribution < -0.4 is 29.7 Å². The van der Waals surface area contributed by atoms with Crippen molar-refractivity contribution < 1.29 is 23.0 Å². The number of dihydropyridines is 1. The molecule has 2 aromatic rings. The van der Waals surface area contributed by atoms with E-state index in [0.717, 1.165) is 42.6 Å². The number of methoxy groups -OCH3 is 3. The van der Waals surface area contributed by atoms with Gasteiger partial charge in [0.25, 0.3) is 0 Å². The highest BCUT2D eigenvalue weighted by Crippen LogP contribution is 2.41. The maximum absolute atomic E-state index is 14.1. The molecule has 2 aromatic carbocycles. The summed E-state index contributed by atoms with van der Waals surface area (Å²) in [7, 11) is 4.78. The smallest absolute Gasteiger partial charge is 0.203 e. The Bertz CT molecular complexity index is 1090. The maximum atomic E-state index is 14.1. The van der Waals surface area contributed by atoms with Crippen LogP contribution in [-0.4, -0.2) is 53.0 Å². The second-order valence-corrected chi connectivity index (χ2v) is 8.83. The van der Waals surface area contributed by atoms with Crippen LogP contribution in [0.5, 0.6) is 17.2 Å². The summed E-state index contributed by atoms with van der Waals surface area (Å²) < 4.78 is 44.4. The molecule has 0 amide bonds. The molecule has 8 heteroatoms. The zero-order valence-electron chi connectivity index (χ0n) is 20.7. The normalized spacial score (nSPS) is 18.3. The molecule has 0 aromatic heterocycles. The molecule has 0 aliphatic carbocycles. The van der Waals surface area contributed by atoms with Crippen molar-refractivity contribution in [2.24, 2.45) is 0 Å². The molecule has 2 aliphatic rings. The third-order valence-corrected chi connectivity index (χ3v) is 6.66. The molecule has 2 heterocycles. The Morgan fingerprint density at radius 2 is 1.63 bits per heavy atom. The van der Waals surface area contributed by atoms with Crippen LogP contribution in [0.25, 0.3) is 5.57 Å². The van der Waals surface area contributed by atoms with Crippen molar-refractivity contribution in [3.63, 3.8) is 0 Å². The van der Waals surface area contributed by atoms with Crippen LogP contribution in [0.4, 0.5) is 14.5 Å². The van der Waals surface area contributed by atoms with E-state index in [4.69, 9.17) is 14.2 Å². The fraction of sp³-hybridized carbons (Fsp3) is 0.407. The fourth-order valence-corrected chi connectivity index (χ4v) is 4.77. The highest BCUT2D eigenvalue weighted by atomic mass is 19.2. The van der Waals surface area contributed by atoms with Crippen molar-refractivity contribution in [3.8, 4) is 17.2 Å². The standard InChI is InChI=1S/C27H33F2N3O3/c1-17-22(19-12-25(33-2)27(35-4)26(13-19)34-3)11-18(15-31-17)16-32(20-7-9-30-10-8-20)21-5-6-23(28)24(29)14-21/h5-6,11-15,17,20,30-31H,7-10,16H2,1-4H3. The van der Waals surface area contributed by atoms with Crippen molar-refractivity contribution in [1.82, 2.24) is 10.6 Å². The molecule has 35 heavy (non-hydrogen) atoms. The first kappa shape index (κ1) is 24.9. The predicted molar refractivity (Wildman–Crippen MR) is 134 cm³/mol. The van der Waals surface area contributed by atoms with Crippen molar-refractivity contribution in [2.75, 3.05) is 45.9 Å². The highest BCUT2D eigenvalue weighted by Gasteiger charge is 2.25. The lowest BCUT2D eigenvalue weighted by Crippen LogP contribution is -2.44. The molecule has 0 bridgehead atoms. The molecule has 1 fully saturated rings. The second-order valence-electron chi connectivity index (χ2n) is 8.83. The summed E-state index contributed by atoms with van der Waals surface area (Å²) in [6.45, 7) is 4.43. The predicted octanol–water partition coefficient (Wildman–Crippen LogP) is 4.51. The number of ether oxygens (including phenoxy) is 3. The van der Waals surface area contributed by atoms with Gasteiger partial charge in [-0.1, -0.05) is 0 Å². The summed E-state index contributed by atoms with van der Waals surface area (Å²) in [6.07, 6.45) is 6.01. The Kier molecular flexibility index (Phi) is 7.80. The lowest BCUT2D eigenvalue weighted by Gasteiger charge is -2.37. The summed E-state index contributed by atoms with van der Waals surface area (Å²) in [5.74, 6) is 0.0470. The quantitative estimate of drug-likeness (QED) is 0.574. The molecule has 0 spiro atoms. The van der Waals surface area contributed by atoms with Gasteiger partial charge in [0.1, 0.15) is 0 Å². The number of nitrogens with zero attached hydrogens (tertiary/aromatic N) is 1. The van der Waals surface area contributed by atoms with Gasteiger partial charge in [0.15, 0.2) is 23.1 Å². The maximum Gasteiger partial charge on any atom is 0.203 e. The Morgan fingerprint density at radius 3 is 2.23 bits per heavy atom. The van der Waals surface area contributed by atoms with E-state index in [-0.39, 0.29) is 12.1 Å². The summed E-state index contributed by atoms with van der Waals surface area (Å²) in [5, 5.41) is 6.83. The van der Waals surface area contributed by atoms with E-state index in [2.05, 4.69) is 28.5 Å². The molecule has 1 atom stereocenters. The molecule has 4 rings (SSSR count). The molecule has 0 radical (unpaired) electrons. The van der Waals surface area contributed by atoms with Gasteiger partial charge in [0.2, 0.25) is 5.75 Å². The SMILES string of the molecule is COc1cc(C2=CC(CN(c3ccc(F)c(F)c3)C3CCNCC3)=CNC2C)cc(OC)c1OC. The van der Waals surface area contributed by atoms with Gasteiger partial charge in [-0.2, -0.15) is 0 Å². The molecular weight excluding hydrogens is 452 g/mol. The first-order valence-corrected chi connectivity index (χ1v) is 11.8. The number of anilines is 1. The van der Waals surface area contributed by atoms with Crippen molar-refractivity contribution in [1.29, 1.82) is 0 Å². The zero-order chi connectivity index (χ0) is 24.9. The van der Waals surface area contributed by atoms with Crippen LogP contribution in [0.1, 0.15) is 25.3 Å². The molecule has 6 nitrogen and oxygen atoms in total. The van der Waals surface area contributed by atoms with E-state index in [0.29, 0.717) is 29.5 Å². The van der Waals surface area contributed by atoms with E-state index in [1.165, 1.54) is 12.1 Å². The number of nitrogens with one attached hydrogen (secondary N) is 2. The molecular formula is C27H33F2N3O3. The van der Waals surface area contributed by atoms with Gasteiger partial charge in [0, 0.05) is 36.6 Å². The number of hydrogen-bond donors (Lipinski definition) is 2. The Balaban J connectivity index is 1.68. The summed E-state index contributed by atoms with van der Waals surface area (Å²) in [6, 6.07) is 8.30. The van der Waals surface area contributed by atoms with E-state index in [1.807, 2.05) is 18.3 Å². The topological polar surface area (TPSA) is 55.0 Å². The van der Waals surface area contributed by atoms with Crippen LogP contribution >= 0.6 is 0 Å². The van der Waals surface area contributed by atoms with Gasteiger partial charge in [0.05, 0.1) is 21.3 Å². The number of halogens is 2. The lowest BCUT2D eigenvalue weighted by molar-refractivity contribution is 0.324. The molecule has 1 saturated heterocycles. The van der Waals surface area contributed by atoms with Crippen molar-refractivity contribution in [3.05, 3.63) is 65.4 Å². The zero-order valence-corrected chi connectivity index (χ0v) is 20.7. The summed E-state index contributed by atoms with van der Waals surface area (Å²) in [5.41, 5.74) is 3.73. The molecule has 0 saturated carbocycles. The van der Waals surface area contributed by atoms with Crippen molar-refractivity contribution in [2.45, 2.75) is 31.8 Å². The average Bonchev–Trinajstić information content (AvgIpc) is 2.89. The van der Waals surface area contributed by atoms with Crippen LogP contribution in [0.3, 0.4) is 0 Å². The molecule has 188 valence electrons. The average molecular weight is 486 g/mol.